The van der Waals surface area contributed by atoms with Crippen LogP contribution in [0.1, 0.15) is 5.69 Å². The van der Waals surface area contributed by atoms with Gasteiger partial charge in [0.1, 0.15) is 5.82 Å². The van der Waals surface area contributed by atoms with Gasteiger partial charge in [0.25, 0.3) is 0 Å². The van der Waals surface area contributed by atoms with Crippen LogP contribution in [0.4, 0.5) is 15.9 Å². The molecule has 0 saturated carbocycles. The Morgan fingerprint density at radius 1 is 1.43 bits per heavy atom. The molecule has 0 aliphatic rings. The predicted molar refractivity (Wildman–Crippen MR) is 87.8 cm³/mol. The standard InChI is InChI=1S/C11H13BrFN7O2S/c12-7-5-6(1-2-8(7)13)17-11(18-21)9-10(20-22-19-9)15-3-4-16-23-14/h1-2,5,16,21H,3-4,14H2,(H,15,20)(H,17,18). The third kappa shape index (κ3) is 4.87. The number of aliphatic imine (C=N–C) groups is 1. The number of aromatic nitrogens is 2. The van der Waals surface area contributed by atoms with Gasteiger partial charge in [0.2, 0.25) is 5.82 Å². The number of nitrogens with zero attached hydrogens (tertiary/aromatic N) is 3. The first kappa shape index (κ1) is 17.6. The molecule has 1 heterocycles. The lowest BCUT2D eigenvalue weighted by atomic mass is 10.3. The van der Waals surface area contributed by atoms with Crippen LogP contribution in [0.15, 0.2) is 32.3 Å². The Hall–Kier alpha value is -1.73. The van der Waals surface area contributed by atoms with Gasteiger partial charge in [-0.3, -0.25) is 15.8 Å². The zero-order valence-corrected chi connectivity index (χ0v) is 14.0. The van der Waals surface area contributed by atoms with Crippen molar-refractivity contribution in [2.75, 3.05) is 18.4 Å². The first-order valence-corrected chi connectivity index (χ1v) is 7.92. The van der Waals surface area contributed by atoms with E-state index < -0.39 is 5.82 Å². The van der Waals surface area contributed by atoms with E-state index in [1.54, 1.807) is 0 Å². The summed E-state index contributed by atoms with van der Waals surface area (Å²) in [5.74, 6) is -0.137. The van der Waals surface area contributed by atoms with Gasteiger partial charge in [-0.05, 0) is 44.4 Å². The summed E-state index contributed by atoms with van der Waals surface area (Å²) in [6, 6.07) is 4.14. The molecule has 9 nitrogen and oxygen atoms in total. The van der Waals surface area contributed by atoms with Gasteiger partial charge in [-0.15, -0.1) is 0 Å². The average molecular weight is 406 g/mol. The Labute approximate surface area is 143 Å². The molecular formula is C11H13BrFN7O2S. The molecule has 23 heavy (non-hydrogen) atoms. The minimum atomic E-state index is -0.418. The normalized spacial score (nSPS) is 11.6. The Kier molecular flexibility index (Phi) is 6.73. The number of amidine groups is 1. The van der Waals surface area contributed by atoms with Crippen molar-refractivity contribution in [1.29, 1.82) is 0 Å². The maximum absolute atomic E-state index is 13.2. The molecular weight excluding hydrogens is 393 g/mol. The summed E-state index contributed by atoms with van der Waals surface area (Å²) in [6.07, 6.45) is 0. The lowest BCUT2D eigenvalue weighted by molar-refractivity contribution is 0.234. The summed E-state index contributed by atoms with van der Waals surface area (Å²) in [7, 11) is 0. The molecule has 0 fully saturated rings. The van der Waals surface area contributed by atoms with Gasteiger partial charge in [0.15, 0.2) is 11.5 Å². The van der Waals surface area contributed by atoms with Crippen molar-refractivity contribution < 1.29 is 14.2 Å². The first-order valence-electron chi connectivity index (χ1n) is 6.25. The minimum Gasteiger partial charge on any atom is -0.364 e. The largest absolute Gasteiger partial charge is 0.364 e. The molecule has 0 amide bonds. The molecule has 1 aromatic heterocycles. The molecule has 12 heteroatoms. The number of hydroxylamine groups is 1. The monoisotopic (exact) mass is 405 g/mol. The Balaban J connectivity index is 2.18. The van der Waals surface area contributed by atoms with E-state index in [9.17, 15) is 9.60 Å². The molecule has 0 aliphatic heterocycles. The second kappa shape index (κ2) is 8.79. The van der Waals surface area contributed by atoms with Crippen LogP contribution in [0.2, 0.25) is 0 Å². The predicted octanol–water partition coefficient (Wildman–Crippen LogP) is 1.55. The maximum atomic E-state index is 13.2. The number of nitrogens with two attached hydrogens (primary N) is 1. The molecule has 0 saturated heterocycles. The number of nitrogens with one attached hydrogen (secondary N) is 3. The van der Waals surface area contributed by atoms with Crippen molar-refractivity contribution in [3.05, 3.63) is 34.2 Å². The number of rotatable bonds is 7. The quantitative estimate of drug-likeness (QED) is 0.153. The Morgan fingerprint density at radius 2 is 2.26 bits per heavy atom. The van der Waals surface area contributed by atoms with Crippen LogP contribution >= 0.6 is 28.1 Å². The van der Waals surface area contributed by atoms with Gasteiger partial charge in [-0.2, -0.15) is 0 Å². The van der Waals surface area contributed by atoms with Crippen molar-refractivity contribution in [2.24, 2.45) is 10.1 Å². The number of hydrogen-bond acceptors (Lipinski definition) is 9. The van der Waals surface area contributed by atoms with Gasteiger partial charge in [0.05, 0.1) is 10.2 Å². The van der Waals surface area contributed by atoms with Gasteiger partial charge >= 0.3 is 0 Å². The van der Waals surface area contributed by atoms with Gasteiger partial charge in [-0.1, -0.05) is 0 Å². The Morgan fingerprint density at radius 3 is 2.96 bits per heavy atom. The molecule has 1 aromatic carbocycles. The Bertz CT molecular complexity index is 684. The fourth-order valence-corrected chi connectivity index (χ4v) is 2.15. The lowest BCUT2D eigenvalue weighted by Crippen LogP contribution is -2.23. The van der Waals surface area contributed by atoms with E-state index >= 15 is 0 Å². The van der Waals surface area contributed by atoms with E-state index in [0.29, 0.717) is 18.8 Å². The SMILES string of the molecule is NSNCCNc1nonc1C(=Nc1ccc(F)c(Br)c1)NO. The lowest BCUT2D eigenvalue weighted by Gasteiger charge is -2.06. The minimum absolute atomic E-state index is 0.00610. The number of anilines is 1. The van der Waals surface area contributed by atoms with E-state index in [2.05, 4.69) is 45.9 Å². The molecule has 0 bridgehead atoms. The van der Waals surface area contributed by atoms with E-state index in [1.165, 1.54) is 18.2 Å². The van der Waals surface area contributed by atoms with E-state index in [4.69, 9.17) is 5.14 Å². The van der Waals surface area contributed by atoms with Gasteiger partial charge in [0, 0.05) is 25.2 Å². The molecule has 6 N–H and O–H groups in total. The molecule has 0 aliphatic carbocycles. The smallest absolute Gasteiger partial charge is 0.202 e. The number of benzene rings is 1. The van der Waals surface area contributed by atoms with E-state index in [1.807, 2.05) is 5.48 Å². The molecule has 0 radical (unpaired) electrons. The summed E-state index contributed by atoms with van der Waals surface area (Å²) in [5.41, 5.74) is 2.50. The van der Waals surface area contributed by atoms with Gasteiger partial charge < -0.3 is 5.32 Å². The topological polar surface area (TPSA) is 134 Å². The number of halogens is 2. The van der Waals surface area contributed by atoms with E-state index in [-0.39, 0.29) is 21.8 Å². The first-order chi connectivity index (χ1) is 11.2. The van der Waals surface area contributed by atoms with Gasteiger partial charge in [-0.25, -0.2) is 18.7 Å². The third-order valence-electron chi connectivity index (χ3n) is 2.57. The van der Waals surface area contributed by atoms with Crippen molar-refractivity contribution in [1.82, 2.24) is 20.5 Å². The van der Waals surface area contributed by atoms with Crippen LogP contribution in [-0.2, 0) is 0 Å². The second-order valence-electron chi connectivity index (χ2n) is 4.07. The van der Waals surface area contributed by atoms with Crippen LogP contribution in [0.3, 0.4) is 0 Å². The highest BCUT2D eigenvalue weighted by Gasteiger charge is 2.16. The molecule has 124 valence electrons. The number of hydrogen-bond donors (Lipinski definition) is 5. The molecule has 2 rings (SSSR count). The third-order valence-corrected chi connectivity index (χ3v) is 3.54. The molecule has 0 atom stereocenters. The van der Waals surface area contributed by atoms with Crippen LogP contribution in [0, 0.1) is 5.82 Å². The maximum Gasteiger partial charge on any atom is 0.202 e. The van der Waals surface area contributed by atoms with Crippen molar-refractivity contribution in [3.63, 3.8) is 0 Å². The zero-order valence-electron chi connectivity index (χ0n) is 11.6. The fraction of sp³-hybridized carbons (Fsp3) is 0.182. The zero-order chi connectivity index (χ0) is 16.7. The van der Waals surface area contributed by atoms with Crippen LogP contribution in [0.25, 0.3) is 0 Å². The summed E-state index contributed by atoms with van der Waals surface area (Å²) in [5, 5.41) is 24.8. The summed E-state index contributed by atoms with van der Waals surface area (Å²) in [6.45, 7) is 1.06. The summed E-state index contributed by atoms with van der Waals surface area (Å²) >= 11 is 4.06. The highest BCUT2D eigenvalue weighted by atomic mass is 79.9. The highest BCUT2D eigenvalue weighted by molar-refractivity contribution is 9.10. The van der Waals surface area contributed by atoms with Crippen molar-refractivity contribution in [2.45, 2.75) is 0 Å². The van der Waals surface area contributed by atoms with Crippen molar-refractivity contribution in [3.8, 4) is 0 Å². The van der Waals surface area contributed by atoms with Crippen LogP contribution < -0.4 is 20.7 Å². The second-order valence-corrected chi connectivity index (χ2v) is 5.45. The molecule has 0 spiro atoms. The van der Waals surface area contributed by atoms with Crippen LogP contribution in [-0.4, -0.2) is 34.4 Å². The van der Waals surface area contributed by atoms with Crippen molar-refractivity contribution >= 4 is 45.4 Å². The fourth-order valence-electron chi connectivity index (χ4n) is 1.57. The highest BCUT2D eigenvalue weighted by Crippen LogP contribution is 2.23. The van der Waals surface area contributed by atoms with Crippen LogP contribution in [0.5, 0.6) is 0 Å². The summed E-state index contributed by atoms with van der Waals surface area (Å²) < 4.78 is 21.0. The summed E-state index contributed by atoms with van der Waals surface area (Å²) in [4.78, 5) is 4.14. The molecule has 2 aromatic rings. The average Bonchev–Trinajstić information content (AvgIpc) is 3.01. The van der Waals surface area contributed by atoms with E-state index in [0.717, 1.165) is 12.1 Å². The molecule has 0 unspecified atom stereocenters.